The van der Waals surface area contributed by atoms with Crippen molar-refractivity contribution in [2.75, 3.05) is 13.2 Å². The number of hydrogen-bond donors (Lipinski definition) is 11. The van der Waals surface area contributed by atoms with E-state index in [0.717, 1.165) is 0 Å². The van der Waals surface area contributed by atoms with Gasteiger partial charge in [0.05, 0.1) is 55.4 Å². The Morgan fingerprint density at radius 2 is 1.24 bits per heavy atom. The molecule has 3 saturated heterocycles. The quantitative estimate of drug-likeness (QED) is 0.0756. The predicted octanol–water partition coefficient (Wildman–Crippen LogP) is -3.53. The van der Waals surface area contributed by atoms with Crippen molar-refractivity contribution in [3.05, 3.63) is 12.2 Å². The number of ether oxygens (including phenoxy) is 6. The standard InChI is InChI=1S/C36H58O18/c37-13-25-28(43)30(45)32(47)35(53-25)51-23-11-18(39)10-22-19(23)12-24(34(50-22)16-3-5-17(38)6-4-16)52-36-33(48)31(46)29(44)26(54-36)14-49-27(42)8-2-15-1-7-20(40)21(41)9-15/h2,8,15-26,28-41,43-48H,1,3-7,9-14H2/t15?,16?,17?,18?,19?,20?,21?,22?,23?,24?,25-,26-,28-,29-,30+,31+,32-,33-,34?,35-,36-/m1/s1. The molecule has 19 atom stereocenters. The molecule has 310 valence electrons. The molecule has 6 aliphatic rings. The van der Waals surface area contributed by atoms with Gasteiger partial charge < -0.3 is 84.6 Å². The summed E-state index contributed by atoms with van der Waals surface area (Å²) < 4.78 is 36.0. The SMILES string of the molecule is O=C(C=CC1CCC(O)C(O)C1)OC[C@H]1O[C@@H](OC2CC3C(CC(O)CC3O[C@@H]3O[C@H](CO)[C@@H](O)[C@H](O)[C@H]3O)OC2C2CCC(O)CC2)[C@H](O)[C@@H](O)[C@@H]1O. The van der Waals surface area contributed by atoms with Gasteiger partial charge in [0.15, 0.2) is 12.6 Å². The van der Waals surface area contributed by atoms with Crippen LogP contribution < -0.4 is 0 Å². The van der Waals surface area contributed by atoms with Crippen LogP contribution in [0.15, 0.2) is 12.2 Å². The number of esters is 1. The third-order valence-electron chi connectivity index (χ3n) is 12.2. The van der Waals surface area contributed by atoms with Crippen LogP contribution in [0, 0.1) is 17.8 Å². The van der Waals surface area contributed by atoms with Gasteiger partial charge in [0, 0.05) is 18.4 Å². The minimum absolute atomic E-state index is 0.0885. The van der Waals surface area contributed by atoms with E-state index >= 15 is 0 Å². The molecule has 9 unspecified atom stereocenters. The largest absolute Gasteiger partial charge is 0.460 e. The molecule has 0 spiro atoms. The predicted molar refractivity (Wildman–Crippen MR) is 180 cm³/mol. The Morgan fingerprint density at radius 1 is 0.611 bits per heavy atom. The van der Waals surface area contributed by atoms with Gasteiger partial charge in [-0.3, -0.25) is 0 Å². The topological polar surface area (TPSA) is 295 Å². The molecular weight excluding hydrogens is 720 g/mol. The zero-order chi connectivity index (χ0) is 38.8. The van der Waals surface area contributed by atoms with E-state index in [9.17, 15) is 61.0 Å². The summed E-state index contributed by atoms with van der Waals surface area (Å²) in [7, 11) is 0. The number of fused-ring (bicyclic) bond motifs is 1. The molecule has 3 heterocycles. The van der Waals surface area contributed by atoms with Gasteiger partial charge in [0.2, 0.25) is 0 Å². The molecule has 3 saturated carbocycles. The molecule has 0 aromatic rings. The highest BCUT2D eigenvalue weighted by Crippen LogP contribution is 2.45. The molecular formula is C36H58O18. The van der Waals surface area contributed by atoms with Crippen molar-refractivity contribution < 1.29 is 89.4 Å². The van der Waals surface area contributed by atoms with Crippen molar-refractivity contribution in [2.24, 2.45) is 17.8 Å². The zero-order valence-corrected chi connectivity index (χ0v) is 30.0. The van der Waals surface area contributed by atoms with Crippen LogP contribution in [0.3, 0.4) is 0 Å². The summed E-state index contributed by atoms with van der Waals surface area (Å²) in [4.78, 5) is 12.6. The van der Waals surface area contributed by atoms with Crippen LogP contribution in [-0.2, 0) is 33.2 Å². The van der Waals surface area contributed by atoms with Crippen LogP contribution >= 0.6 is 0 Å². The van der Waals surface area contributed by atoms with Crippen LogP contribution in [-0.4, -0.2) is 186 Å². The summed E-state index contributed by atoms with van der Waals surface area (Å²) in [5, 5.41) is 114. The zero-order valence-electron chi connectivity index (χ0n) is 30.0. The third-order valence-corrected chi connectivity index (χ3v) is 12.2. The lowest BCUT2D eigenvalue weighted by atomic mass is 9.73. The molecule has 6 rings (SSSR count). The maximum Gasteiger partial charge on any atom is 0.330 e. The lowest BCUT2D eigenvalue weighted by Gasteiger charge is -2.52. The normalized spacial score (nSPS) is 50.4. The van der Waals surface area contributed by atoms with Gasteiger partial charge in [-0.1, -0.05) is 6.08 Å². The second-order valence-electron chi connectivity index (χ2n) is 16.0. The average molecular weight is 779 g/mol. The number of aliphatic hydroxyl groups excluding tert-OH is 11. The van der Waals surface area contributed by atoms with Gasteiger partial charge in [-0.25, -0.2) is 4.79 Å². The van der Waals surface area contributed by atoms with E-state index in [2.05, 4.69) is 0 Å². The Balaban J connectivity index is 1.15. The Bertz CT molecular complexity index is 1230. The van der Waals surface area contributed by atoms with Crippen molar-refractivity contribution in [3.63, 3.8) is 0 Å². The van der Waals surface area contributed by atoms with E-state index in [1.807, 2.05) is 0 Å². The molecule has 0 radical (unpaired) electrons. The Labute approximate surface area is 312 Å². The van der Waals surface area contributed by atoms with Crippen molar-refractivity contribution >= 4 is 5.97 Å². The Kier molecular flexibility index (Phi) is 14.4. The fourth-order valence-corrected chi connectivity index (χ4v) is 8.96. The first-order chi connectivity index (χ1) is 25.7. The highest BCUT2D eigenvalue weighted by Gasteiger charge is 2.54. The van der Waals surface area contributed by atoms with Gasteiger partial charge in [-0.2, -0.15) is 0 Å². The maximum atomic E-state index is 12.6. The smallest absolute Gasteiger partial charge is 0.330 e. The monoisotopic (exact) mass is 778 g/mol. The van der Waals surface area contributed by atoms with Gasteiger partial charge in [-0.05, 0) is 69.6 Å². The number of rotatable bonds is 10. The number of carbonyl (C=O) groups excluding carboxylic acids is 1. The minimum atomic E-state index is -1.74. The molecule has 18 nitrogen and oxygen atoms in total. The first kappa shape index (κ1) is 42.2. The fraction of sp³-hybridized carbons (Fsp3) is 0.917. The maximum absolute atomic E-state index is 12.6. The molecule has 3 aliphatic carbocycles. The van der Waals surface area contributed by atoms with Crippen LogP contribution in [0.1, 0.15) is 64.2 Å². The summed E-state index contributed by atoms with van der Waals surface area (Å²) in [5.74, 6) is -1.50. The Hall–Kier alpha value is -1.43. The van der Waals surface area contributed by atoms with Crippen LogP contribution in [0.4, 0.5) is 0 Å². The molecule has 11 N–H and O–H groups in total. The van der Waals surface area contributed by atoms with E-state index in [1.165, 1.54) is 6.08 Å². The van der Waals surface area contributed by atoms with E-state index in [1.54, 1.807) is 6.08 Å². The minimum Gasteiger partial charge on any atom is -0.460 e. The van der Waals surface area contributed by atoms with Gasteiger partial charge >= 0.3 is 5.97 Å². The number of aliphatic hydroxyl groups is 11. The molecule has 3 aliphatic heterocycles. The summed E-state index contributed by atoms with van der Waals surface area (Å²) in [6, 6.07) is 0. The molecule has 0 aromatic carbocycles. The second kappa shape index (κ2) is 18.4. The van der Waals surface area contributed by atoms with Crippen LogP contribution in [0.5, 0.6) is 0 Å². The van der Waals surface area contributed by atoms with Gasteiger partial charge in [-0.15, -0.1) is 0 Å². The van der Waals surface area contributed by atoms with Crippen molar-refractivity contribution in [1.82, 2.24) is 0 Å². The van der Waals surface area contributed by atoms with Gasteiger partial charge in [0.25, 0.3) is 0 Å². The van der Waals surface area contributed by atoms with E-state index < -0.39 is 135 Å². The summed E-state index contributed by atoms with van der Waals surface area (Å²) in [5.41, 5.74) is 0. The van der Waals surface area contributed by atoms with Gasteiger partial charge in [0.1, 0.15) is 55.4 Å². The lowest BCUT2D eigenvalue weighted by Crippen LogP contribution is -2.63. The summed E-state index contributed by atoms with van der Waals surface area (Å²) in [6.07, 6.45) is -14.6. The van der Waals surface area contributed by atoms with E-state index in [0.29, 0.717) is 38.5 Å². The number of hydrogen-bond acceptors (Lipinski definition) is 18. The molecule has 18 heteroatoms. The van der Waals surface area contributed by atoms with E-state index in [-0.39, 0.29) is 37.5 Å². The first-order valence-electron chi connectivity index (χ1n) is 19.3. The number of allylic oxidation sites excluding steroid dienone is 1. The summed E-state index contributed by atoms with van der Waals surface area (Å²) >= 11 is 0. The van der Waals surface area contributed by atoms with Crippen LogP contribution in [0.25, 0.3) is 0 Å². The van der Waals surface area contributed by atoms with E-state index in [4.69, 9.17) is 28.4 Å². The highest BCUT2D eigenvalue weighted by molar-refractivity contribution is 5.81. The van der Waals surface area contributed by atoms with Crippen molar-refractivity contribution in [3.8, 4) is 0 Å². The Morgan fingerprint density at radius 3 is 1.89 bits per heavy atom. The number of carbonyl (C=O) groups is 1. The molecule has 0 amide bonds. The average Bonchev–Trinajstić information content (AvgIpc) is 3.15. The molecule has 0 aromatic heterocycles. The highest BCUT2D eigenvalue weighted by atomic mass is 16.7. The molecule has 6 fully saturated rings. The lowest BCUT2D eigenvalue weighted by molar-refractivity contribution is -0.344. The molecule has 0 bridgehead atoms. The second-order valence-corrected chi connectivity index (χ2v) is 16.0. The first-order valence-corrected chi connectivity index (χ1v) is 19.3. The summed E-state index contributed by atoms with van der Waals surface area (Å²) in [6.45, 7) is -1.15. The van der Waals surface area contributed by atoms with Crippen molar-refractivity contribution in [2.45, 2.75) is 174 Å². The molecule has 54 heavy (non-hydrogen) atoms. The van der Waals surface area contributed by atoms with Crippen LogP contribution in [0.2, 0.25) is 0 Å². The fourth-order valence-electron chi connectivity index (χ4n) is 8.96. The van der Waals surface area contributed by atoms with Crippen molar-refractivity contribution in [1.29, 1.82) is 0 Å². The third kappa shape index (κ3) is 9.63.